The summed E-state index contributed by atoms with van der Waals surface area (Å²) in [6.07, 6.45) is 5.41. The number of imidazole rings is 1. The molecule has 17 heavy (non-hydrogen) atoms. The Morgan fingerprint density at radius 3 is 2.71 bits per heavy atom. The van der Waals surface area contributed by atoms with Crippen LogP contribution in [0.25, 0.3) is 0 Å². The van der Waals surface area contributed by atoms with Gasteiger partial charge in [-0.15, -0.1) is 0 Å². The highest BCUT2D eigenvalue weighted by Gasteiger charge is 2.03. The van der Waals surface area contributed by atoms with Crippen LogP contribution in [0.4, 0.5) is 0 Å². The summed E-state index contributed by atoms with van der Waals surface area (Å²) in [7, 11) is 0. The monoisotopic (exact) mass is 230 g/mol. The SMILES string of the molecule is Cc1ccc(COCn2ccnc2)c(C)c1C. The Morgan fingerprint density at radius 2 is 2.00 bits per heavy atom. The van der Waals surface area contributed by atoms with Crippen LogP contribution < -0.4 is 0 Å². The summed E-state index contributed by atoms with van der Waals surface area (Å²) in [5.74, 6) is 0. The molecule has 1 aromatic heterocycles. The molecule has 0 unspecified atom stereocenters. The van der Waals surface area contributed by atoms with Crippen molar-refractivity contribution in [3.05, 3.63) is 53.1 Å². The second kappa shape index (κ2) is 5.15. The number of hydrogen-bond acceptors (Lipinski definition) is 2. The molecule has 0 bridgehead atoms. The number of nitrogens with zero attached hydrogens (tertiary/aromatic N) is 2. The molecule has 1 heterocycles. The lowest BCUT2D eigenvalue weighted by Gasteiger charge is -2.11. The van der Waals surface area contributed by atoms with Gasteiger partial charge in [-0.2, -0.15) is 0 Å². The van der Waals surface area contributed by atoms with Crippen LogP contribution in [-0.4, -0.2) is 9.55 Å². The molecule has 0 aliphatic rings. The van der Waals surface area contributed by atoms with Gasteiger partial charge in [0, 0.05) is 12.4 Å². The van der Waals surface area contributed by atoms with E-state index in [1.807, 2.05) is 10.8 Å². The number of aromatic nitrogens is 2. The molecule has 0 spiro atoms. The summed E-state index contributed by atoms with van der Waals surface area (Å²) >= 11 is 0. The minimum Gasteiger partial charge on any atom is -0.356 e. The predicted octanol–water partition coefficient (Wildman–Crippen LogP) is 2.98. The average molecular weight is 230 g/mol. The maximum absolute atomic E-state index is 5.66. The Balaban J connectivity index is 1.97. The lowest BCUT2D eigenvalue weighted by molar-refractivity contribution is 0.0636. The van der Waals surface area contributed by atoms with Gasteiger partial charge >= 0.3 is 0 Å². The number of hydrogen-bond donors (Lipinski definition) is 0. The topological polar surface area (TPSA) is 27.1 Å². The van der Waals surface area contributed by atoms with Crippen LogP contribution in [0.1, 0.15) is 22.3 Å². The van der Waals surface area contributed by atoms with Crippen molar-refractivity contribution < 1.29 is 4.74 Å². The first-order chi connectivity index (χ1) is 8.18. The average Bonchev–Trinajstić information content (AvgIpc) is 2.82. The molecule has 0 amide bonds. The van der Waals surface area contributed by atoms with Crippen LogP contribution in [-0.2, 0) is 18.1 Å². The zero-order chi connectivity index (χ0) is 12.3. The smallest absolute Gasteiger partial charge is 0.124 e. The summed E-state index contributed by atoms with van der Waals surface area (Å²) in [5, 5.41) is 0. The minimum atomic E-state index is 0.548. The summed E-state index contributed by atoms with van der Waals surface area (Å²) in [6, 6.07) is 4.30. The summed E-state index contributed by atoms with van der Waals surface area (Å²) in [4.78, 5) is 3.97. The molecule has 2 rings (SSSR count). The molecule has 0 aliphatic carbocycles. The number of ether oxygens (including phenoxy) is 1. The van der Waals surface area contributed by atoms with E-state index in [4.69, 9.17) is 4.74 Å². The first-order valence-corrected chi connectivity index (χ1v) is 5.77. The van der Waals surface area contributed by atoms with Crippen molar-refractivity contribution in [1.82, 2.24) is 9.55 Å². The largest absolute Gasteiger partial charge is 0.356 e. The van der Waals surface area contributed by atoms with Gasteiger partial charge in [-0.25, -0.2) is 4.98 Å². The maximum Gasteiger partial charge on any atom is 0.124 e. The fourth-order valence-corrected chi connectivity index (χ4v) is 1.79. The second-order valence-electron chi connectivity index (χ2n) is 4.35. The van der Waals surface area contributed by atoms with E-state index in [0.29, 0.717) is 13.3 Å². The van der Waals surface area contributed by atoms with Gasteiger partial charge in [0.25, 0.3) is 0 Å². The van der Waals surface area contributed by atoms with Gasteiger partial charge in [0.15, 0.2) is 0 Å². The molecule has 0 N–H and O–H groups in total. The molecule has 1 aromatic carbocycles. The van der Waals surface area contributed by atoms with Gasteiger partial charge in [0.05, 0.1) is 12.9 Å². The predicted molar refractivity (Wildman–Crippen MR) is 67.7 cm³/mol. The highest BCUT2D eigenvalue weighted by molar-refractivity contribution is 5.38. The Kier molecular flexibility index (Phi) is 3.59. The van der Waals surface area contributed by atoms with Crippen molar-refractivity contribution in [1.29, 1.82) is 0 Å². The van der Waals surface area contributed by atoms with Crippen molar-refractivity contribution in [3.8, 4) is 0 Å². The van der Waals surface area contributed by atoms with Crippen molar-refractivity contribution in [2.24, 2.45) is 0 Å². The summed E-state index contributed by atoms with van der Waals surface area (Å²) < 4.78 is 7.58. The Hall–Kier alpha value is -1.61. The lowest BCUT2D eigenvalue weighted by atomic mass is 9.99. The second-order valence-corrected chi connectivity index (χ2v) is 4.35. The van der Waals surface area contributed by atoms with E-state index in [2.05, 4.69) is 37.9 Å². The third kappa shape index (κ3) is 2.74. The molecule has 0 saturated carbocycles. The van der Waals surface area contributed by atoms with Crippen molar-refractivity contribution in [2.75, 3.05) is 0 Å². The quantitative estimate of drug-likeness (QED) is 0.807. The van der Waals surface area contributed by atoms with E-state index in [-0.39, 0.29) is 0 Å². The van der Waals surface area contributed by atoms with Crippen molar-refractivity contribution >= 4 is 0 Å². The van der Waals surface area contributed by atoms with Crippen LogP contribution in [0, 0.1) is 20.8 Å². The lowest BCUT2D eigenvalue weighted by Crippen LogP contribution is -2.02. The van der Waals surface area contributed by atoms with Gasteiger partial charge in [-0.1, -0.05) is 12.1 Å². The Bertz CT molecular complexity index is 489. The van der Waals surface area contributed by atoms with Crippen molar-refractivity contribution in [2.45, 2.75) is 34.1 Å². The molecule has 0 radical (unpaired) electrons. The number of rotatable bonds is 4. The summed E-state index contributed by atoms with van der Waals surface area (Å²) in [6.45, 7) is 7.64. The molecule has 0 fully saturated rings. The van der Waals surface area contributed by atoms with E-state index in [0.717, 1.165) is 0 Å². The third-order valence-corrected chi connectivity index (χ3v) is 3.23. The first-order valence-electron chi connectivity index (χ1n) is 5.77. The van der Waals surface area contributed by atoms with Gasteiger partial charge in [-0.05, 0) is 43.0 Å². The molecule has 2 aromatic rings. The highest BCUT2D eigenvalue weighted by atomic mass is 16.5. The molecule has 0 aliphatic heterocycles. The van der Waals surface area contributed by atoms with E-state index in [9.17, 15) is 0 Å². The highest BCUT2D eigenvalue weighted by Crippen LogP contribution is 2.17. The fourth-order valence-electron chi connectivity index (χ4n) is 1.79. The van der Waals surface area contributed by atoms with Crippen molar-refractivity contribution in [3.63, 3.8) is 0 Å². The number of benzene rings is 1. The van der Waals surface area contributed by atoms with Crippen LogP contribution in [0.2, 0.25) is 0 Å². The van der Waals surface area contributed by atoms with Gasteiger partial charge in [0.2, 0.25) is 0 Å². The van der Waals surface area contributed by atoms with Crippen LogP contribution >= 0.6 is 0 Å². The molecular weight excluding hydrogens is 212 g/mol. The van der Waals surface area contributed by atoms with Crippen LogP contribution in [0.15, 0.2) is 30.9 Å². The van der Waals surface area contributed by atoms with E-state index in [1.54, 1.807) is 12.5 Å². The Labute approximate surface area is 102 Å². The number of aryl methyl sites for hydroxylation is 1. The van der Waals surface area contributed by atoms with Crippen LogP contribution in [0.3, 0.4) is 0 Å². The fraction of sp³-hybridized carbons (Fsp3) is 0.357. The summed E-state index contributed by atoms with van der Waals surface area (Å²) in [5.41, 5.74) is 5.28. The molecule has 0 saturated heterocycles. The molecule has 90 valence electrons. The van der Waals surface area contributed by atoms with Gasteiger partial charge in [0.1, 0.15) is 6.73 Å². The molecular formula is C14H18N2O. The van der Waals surface area contributed by atoms with E-state index in [1.165, 1.54) is 22.3 Å². The standard InChI is InChI=1S/C14H18N2O/c1-11-4-5-14(13(3)12(11)2)8-17-10-16-7-6-15-9-16/h4-7,9H,8,10H2,1-3H3. The van der Waals surface area contributed by atoms with Gasteiger partial charge < -0.3 is 9.30 Å². The van der Waals surface area contributed by atoms with E-state index >= 15 is 0 Å². The molecule has 0 atom stereocenters. The Morgan fingerprint density at radius 1 is 1.18 bits per heavy atom. The molecule has 3 nitrogen and oxygen atoms in total. The van der Waals surface area contributed by atoms with Gasteiger partial charge in [-0.3, -0.25) is 0 Å². The van der Waals surface area contributed by atoms with E-state index < -0.39 is 0 Å². The van der Waals surface area contributed by atoms with Crippen LogP contribution in [0.5, 0.6) is 0 Å². The zero-order valence-electron chi connectivity index (χ0n) is 10.6. The molecule has 3 heteroatoms. The minimum absolute atomic E-state index is 0.548. The first kappa shape index (κ1) is 11.9. The maximum atomic E-state index is 5.66. The zero-order valence-corrected chi connectivity index (χ0v) is 10.6. The normalized spacial score (nSPS) is 10.8. The third-order valence-electron chi connectivity index (χ3n) is 3.23.